The van der Waals surface area contributed by atoms with Crippen LogP contribution < -0.4 is 11.1 Å². The van der Waals surface area contributed by atoms with Gasteiger partial charge in [-0.25, -0.2) is 0 Å². The van der Waals surface area contributed by atoms with Crippen LogP contribution in [0.1, 0.15) is 16.8 Å². The molecule has 0 spiro atoms. The average Bonchev–Trinajstić information content (AvgIpc) is 2.94. The van der Waals surface area contributed by atoms with Crippen LogP contribution in [0.15, 0.2) is 29.2 Å². The van der Waals surface area contributed by atoms with Gasteiger partial charge < -0.3 is 11.1 Å². The van der Waals surface area contributed by atoms with E-state index in [1.54, 1.807) is 11.8 Å². The van der Waals surface area contributed by atoms with E-state index in [0.717, 1.165) is 16.9 Å². The molecule has 1 aliphatic carbocycles. The summed E-state index contributed by atoms with van der Waals surface area (Å²) in [7, 11) is 0. The molecule has 0 bridgehead atoms. The molecule has 2 atom stereocenters. The Hall–Kier alpha value is -1.00. The van der Waals surface area contributed by atoms with Gasteiger partial charge in [0.15, 0.2) is 0 Å². The maximum absolute atomic E-state index is 11.8. The molecular formula is C11H14N2OS. The average molecular weight is 222 g/mol. The molecule has 4 heteroatoms. The number of hydrogen-bond donors (Lipinski definition) is 2. The molecule has 1 aromatic rings. The second kappa shape index (κ2) is 4.24. The van der Waals surface area contributed by atoms with Gasteiger partial charge in [0.25, 0.3) is 5.91 Å². The minimum Gasteiger partial charge on any atom is -0.348 e. The van der Waals surface area contributed by atoms with Crippen molar-refractivity contribution < 1.29 is 4.79 Å². The summed E-state index contributed by atoms with van der Waals surface area (Å²) in [5, 5.41) is 2.92. The molecule has 1 fully saturated rings. The number of thioether (sulfide) groups is 1. The van der Waals surface area contributed by atoms with Gasteiger partial charge in [0, 0.05) is 17.0 Å². The van der Waals surface area contributed by atoms with Crippen LogP contribution in [0, 0.1) is 0 Å². The molecule has 0 heterocycles. The highest BCUT2D eigenvalue weighted by molar-refractivity contribution is 7.98. The minimum absolute atomic E-state index is 0.0158. The van der Waals surface area contributed by atoms with Gasteiger partial charge in [-0.3, -0.25) is 4.79 Å². The Bertz CT molecular complexity index is 381. The molecule has 0 aromatic heterocycles. The van der Waals surface area contributed by atoms with Gasteiger partial charge in [-0.2, -0.15) is 0 Å². The lowest BCUT2D eigenvalue weighted by molar-refractivity contribution is 0.0947. The summed E-state index contributed by atoms with van der Waals surface area (Å²) in [6.45, 7) is 0. The van der Waals surface area contributed by atoms with Gasteiger partial charge in [-0.05, 0) is 24.8 Å². The molecule has 1 aromatic carbocycles. The summed E-state index contributed by atoms with van der Waals surface area (Å²) in [5.41, 5.74) is 6.38. The predicted molar refractivity (Wildman–Crippen MR) is 62.1 cm³/mol. The number of hydrogen-bond acceptors (Lipinski definition) is 3. The molecule has 1 aliphatic rings. The van der Waals surface area contributed by atoms with E-state index in [-0.39, 0.29) is 18.0 Å². The quantitative estimate of drug-likeness (QED) is 0.756. The zero-order chi connectivity index (χ0) is 10.8. The predicted octanol–water partition coefficient (Wildman–Crippen LogP) is 1.24. The van der Waals surface area contributed by atoms with Crippen LogP contribution in [-0.2, 0) is 0 Å². The highest BCUT2D eigenvalue weighted by Crippen LogP contribution is 2.22. The fraction of sp³-hybridized carbons (Fsp3) is 0.364. The first kappa shape index (κ1) is 10.5. The lowest BCUT2D eigenvalue weighted by Gasteiger charge is -2.07. The van der Waals surface area contributed by atoms with Crippen LogP contribution in [0.25, 0.3) is 0 Å². The third-order valence-electron chi connectivity index (χ3n) is 2.51. The smallest absolute Gasteiger partial charge is 0.252 e. The van der Waals surface area contributed by atoms with Crippen molar-refractivity contribution in [3.05, 3.63) is 29.8 Å². The lowest BCUT2D eigenvalue weighted by atomic mass is 10.2. The molecule has 3 N–H and O–H groups in total. The Morgan fingerprint density at radius 1 is 1.53 bits per heavy atom. The van der Waals surface area contributed by atoms with Crippen molar-refractivity contribution >= 4 is 17.7 Å². The van der Waals surface area contributed by atoms with Gasteiger partial charge in [0.2, 0.25) is 0 Å². The normalized spacial score (nSPS) is 23.6. The van der Waals surface area contributed by atoms with Crippen molar-refractivity contribution in [2.75, 3.05) is 6.26 Å². The SMILES string of the molecule is CSc1ccccc1C(=O)NC1CC1N. The van der Waals surface area contributed by atoms with Gasteiger partial charge >= 0.3 is 0 Å². The van der Waals surface area contributed by atoms with E-state index in [4.69, 9.17) is 5.73 Å². The zero-order valence-corrected chi connectivity index (χ0v) is 9.38. The molecule has 15 heavy (non-hydrogen) atoms. The Labute approximate surface area is 93.4 Å². The number of rotatable bonds is 3. The number of nitrogens with two attached hydrogens (primary N) is 1. The van der Waals surface area contributed by atoms with E-state index in [9.17, 15) is 4.79 Å². The summed E-state index contributed by atoms with van der Waals surface area (Å²) in [4.78, 5) is 12.8. The van der Waals surface area contributed by atoms with Crippen molar-refractivity contribution in [3.63, 3.8) is 0 Å². The number of carbonyl (C=O) groups is 1. The Balaban J connectivity index is 2.10. The maximum atomic E-state index is 11.8. The topological polar surface area (TPSA) is 55.1 Å². The first-order valence-electron chi connectivity index (χ1n) is 4.92. The first-order valence-corrected chi connectivity index (χ1v) is 6.14. The highest BCUT2D eigenvalue weighted by atomic mass is 32.2. The number of nitrogens with one attached hydrogen (secondary N) is 1. The molecular weight excluding hydrogens is 208 g/mol. The van der Waals surface area contributed by atoms with Crippen molar-refractivity contribution in [2.45, 2.75) is 23.4 Å². The number of carbonyl (C=O) groups excluding carboxylic acids is 1. The standard InChI is InChI=1S/C11H14N2OS/c1-15-10-5-3-2-4-7(10)11(14)13-9-6-8(9)12/h2-5,8-9H,6,12H2,1H3,(H,13,14). The van der Waals surface area contributed by atoms with Crippen LogP contribution in [0.4, 0.5) is 0 Å². The molecule has 0 saturated heterocycles. The maximum Gasteiger partial charge on any atom is 0.252 e. The molecule has 3 nitrogen and oxygen atoms in total. The third-order valence-corrected chi connectivity index (χ3v) is 3.30. The molecule has 2 rings (SSSR count). The summed E-state index contributed by atoms with van der Waals surface area (Å²) in [6.07, 6.45) is 2.86. The van der Waals surface area contributed by atoms with Crippen molar-refractivity contribution in [3.8, 4) is 0 Å². The van der Waals surface area contributed by atoms with Gasteiger partial charge in [0.05, 0.1) is 5.56 Å². The highest BCUT2D eigenvalue weighted by Gasteiger charge is 2.35. The molecule has 1 saturated carbocycles. The van der Waals surface area contributed by atoms with Gasteiger partial charge in [-0.1, -0.05) is 12.1 Å². The second-order valence-corrected chi connectivity index (χ2v) is 4.53. The van der Waals surface area contributed by atoms with Crippen molar-refractivity contribution in [2.24, 2.45) is 5.73 Å². The van der Waals surface area contributed by atoms with Gasteiger partial charge in [-0.15, -0.1) is 11.8 Å². The third kappa shape index (κ3) is 2.33. The molecule has 0 radical (unpaired) electrons. The molecule has 1 amide bonds. The fourth-order valence-corrected chi connectivity index (χ4v) is 2.05. The minimum atomic E-state index is -0.0158. The Kier molecular flexibility index (Phi) is 2.98. The van der Waals surface area contributed by atoms with Crippen molar-refractivity contribution in [1.82, 2.24) is 5.32 Å². The van der Waals surface area contributed by atoms with Crippen LogP contribution in [0.5, 0.6) is 0 Å². The Morgan fingerprint density at radius 3 is 2.80 bits per heavy atom. The van der Waals surface area contributed by atoms with E-state index in [0.29, 0.717) is 0 Å². The summed E-state index contributed by atoms with van der Waals surface area (Å²) < 4.78 is 0. The van der Waals surface area contributed by atoms with E-state index in [1.165, 1.54) is 0 Å². The van der Waals surface area contributed by atoms with Crippen LogP contribution >= 0.6 is 11.8 Å². The first-order chi connectivity index (χ1) is 7.22. The number of amides is 1. The largest absolute Gasteiger partial charge is 0.348 e. The zero-order valence-electron chi connectivity index (χ0n) is 8.57. The van der Waals surface area contributed by atoms with Crippen LogP contribution in [-0.4, -0.2) is 24.2 Å². The van der Waals surface area contributed by atoms with E-state index in [2.05, 4.69) is 5.32 Å². The van der Waals surface area contributed by atoms with E-state index >= 15 is 0 Å². The summed E-state index contributed by atoms with van der Waals surface area (Å²) >= 11 is 1.58. The van der Waals surface area contributed by atoms with Gasteiger partial charge in [0.1, 0.15) is 0 Å². The molecule has 2 unspecified atom stereocenters. The molecule has 0 aliphatic heterocycles. The Morgan fingerprint density at radius 2 is 2.20 bits per heavy atom. The monoisotopic (exact) mass is 222 g/mol. The molecule has 80 valence electrons. The fourth-order valence-electron chi connectivity index (χ4n) is 1.46. The summed E-state index contributed by atoms with van der Waals surface area (Å²) in [6, 6.07) is 7.93. The van der Waals surface area contributed by atoms with Crippen LogP contribution in [0.2, 0.25) is 0 Å². The van der Waals surface area contributed by atoms with E-state index < -0.39 is 0 Å². The summed E-state index contributed by atoms with van der Waals surface area (Å²) in [5.74, 6) is -0.0158. The second-order valence-electron chi connectivity index (χ2n) is 3.68. The van der Waals surface area contributed by atoms with Crippen molar-refractivity contribution in [1.29, 1.82) is 0 Å². The number of benzene rings is 1. The van der Waals surface area contributed by atoms with E-state index in [1.807, 2.05) is 30.5 Å². The lowest BCUT2D eigenvalue weighted by Crippen LogP contribution is -2.29. The van der Waals surface area contributed by atoms with Crippen LogP contribution in [0.3, 0.4) is 0 Å².